The Kier molecular flexibility index (Phi) is 7.44. The van der Waals surface area contributed by atoms with Crippen molar-refractivity contribution in [3.8, 4) is 0 Å². The summed E-state index contributed by atoms with van der Waals surface area (Å²) in [4.78, 5) is 39.3. The molecule has 1 fully saturated rings. The zero-order valence-corrected chi connectivity index (χ0v) is 18.8. The normalized spacial score (nSPS) is 15.8. The number of nitrogens with one attached hydrogen (secondary N) is 1. The minimum atomic E-state index is -0.304. The van der Waals surface area contributed by atoms with Crippen LogP contribution in [0, 0.1) is 13.8 Å². The van der Waals surface area contributed by atoms with Crippen LogP contribution < -0.4 is 10.9 Å². The molecule has 0 spiro atoms. The Bertz CT molecular complexity index is 983. The van der Waals surface area contributed by atoms with Gasteiger partial charge in [0.2, 0.25) is 11.8 Å². The molecule has 8 heteroatoms. The summed E-state index contributed by atoms with van der Waals surface area (Å²) >= 11 is 3.32. The standard InChI is InChI=1S/C22H26BrN3O4/c1-15-5-3-7-19(16(15)2)24-20(27)13-26(12-18-6-4-10-30-18)22(29)14-25-11-17(23)8-9-21(25)28/h3,5,7-9,11,18H,4,6,10,12-14H2,1-2H3,(H,24,27). The fraction of sp³-hybridized carbons (Fsp3) is 0.409. The van der Waals surface area contributed by atoms with E-state index in [0.29, 0.717) is 17.6 Å². The molecule has 1 saturated heterocycles. The molecule has 30 heavy (non-hydrogen) atoms. The minimum Gasteiger partial charge on any atom is -0.376 e. The van der Waals surface area contributed by atoms with Gasteiger partial charge in [-0.05, 0) is 65.9 Å². The van der Waals surface area contributed by atoms with Crippen molar-refractivity contribution in [1.82, 2.24) is 9.47 Å². The molecule has 1 aliphatic rings. The van der Waals surface area contributed by atoms with E-state index in [-0.39, 0.29) is 36.6 Å². The van der Waals surface area contributed by atoms with Crippen molar-refractivity contribution >= 4 is 33.4 Å². The molecule has 0 aliphatic carbocycles. The number of hydrogen-bond donors (Lipinski definition) is 1. The third-order valence-corrected chi connectivity index (χ3v) is 5.74. The summed E-state index contributed by atoms with van der Waals surface area (Å²) in [5, 5.41) is 2.90. The molecule has 2 amide bonds. The number of aryl methyl sites for hydroxylation is 1. The molecule has 2 heterocycles. The highest BCUT2D eigenvalue weighted by Gasteiger charge is 2.25. The van der Waals surface area contributed by atoms with Crippen molar-refractivity contribution in [1.29, 1.82) is 0 Å². The quantitative estimate of drug-likeness (QED) is 0.667. The van der Waals surface area contributed by atoms with Crippen molar-refractivity contribution < 1.29 is 14.3 Å². The largest absolute Gasteiger partial charge is 0.376 e. The summed E-state index contributed by atoms with van der Waals surface area (Å²) in [6.45, 7) is 4.67. The highest BCUT2D eigenvalue weighted by atomic mass is 79.9. The van der Waals surface area contributed by atoms with Crippen molar-refractivity contribution in [2.75, 3.05) is 25.0 Å². The number of halogens is 1. The number of carbonyl (C=O) groups excluding carboxylic acids is 2. The fourth-order valence-corrected chi connectivity index (χ4v) is 3.79. The molecule has 2 aromatic rings. The summed E-state index contributed by atoms with van der Waals surface area (Å²) in [7, 11) is 0. The molecule has 0 radical (unpaired) electrons. The number of nitrogens with zero attached hydrogens (tertiary/aromatic N) is 2. The molecule has 1 N–H and O–H groups in total. The van der Waals surface area contributed by atoms with Crippen LogP contribution in [0.25, 0.3) is 0 Å². The van der Waals surface area contributed by atoms with Gasteiger partial charge < -0.3 is 19.5 Å². The lowest BCUT2D eigenvalue weighted by atomic mass is 10.1. The number of benzene rings is 1. The van der Waals surface area contributed by atoms with Crippen LogP contribution >= 0.6 is 15.9 Å². The average molecular weight is 476 g/mol. The number of aromatic nitrogens is 1. The van der Waals surface area contributed by atoms with E-state index in [0.717, 1.165) is 29.7 Å². The van der Waals surface area contributed by atoms with Gasteiger partial charge in [0.15, 0.2) is 0 Å². The summed E-state index contributed by atoms with van der Waals surface area (Å²) < 4.78 is 7.69. The number of amides is 2. The smallest absolute Gasteiger partial charge is 0.251 e. The molecule has 3 rings (SSSR count). The number of pyridine rings is 1. The van der Waals surface area contributed by atoms with Crippen LogP contribution in [0.4, 0.5) is 5.69 Å². The van der Waals surface area contributed by atoms with E-state index < -0.39 is 0 Å². The van der Waals surface area contributed by atoms with Crippen LogP contribution in [-0.2, 0) is 20.9 Å². The highest BCUT2D eigenvalue weighted by molar-refractivity contribution is 9.10. The predicted molar refractivity (Wildman–Crippen MR) is 119 cm³/mol. The number of rotatable bonds is 7. The maximum atomic E-state index is 13.0. The molecular formula is C22H26BrN3O4. The highest BCUT2D eigenvalue weighted by Crippen LogP contribution is 2.18. The monoisotopic (exact) mass is 475 g/mol. The van der Waals surface area contributed by atoms with Gasteiger partial charge in [-0.2, -0.15) is 0 Å². The molecule has 0 bridgehead atoms. The van der Waals surface area contributed by atoms with Crippen molar-refractivity contribution in [3.05, 3.63) is 62.5 Å². The fourth-order valence-electron chi connectivity index (χ4n) is 3.41. The van der Waals surface area contributed by atoms with Crippen LogP contribution in [0.5, 0.6) is 0 Å². The van der Waals surface area contributed by atoms with Crippen LogP contribution in [0.2, 0.25) is 0 Å². The third kappa shape index (κ3) is 5.79. The number of ether oxygens (including phenoxy) is 1. The maximum Gasteiger partial charge on any atom is 0.251 e. The van der Waals surface area contributed by atoms with Crippen molar-refractivity contribution in [2.45, 2.75) is 39.3 Å². The molecule has 1 aromatic carbocycles. The summed E-state index contributed by atoms with van der Waals surface area (Å²) in [6, 6.07) is 8.73. The van der Waals surface area contributed by atoms with E-state index >= 15 is 0 Å². The lowest BCUT2D eigenvalue weighted by Crippen LogP contribution is -2.44. The van der Waals surface area contributed by atoms with Crippen LogP contribution in [-0.4, -0.2) is 47.1 Å². The first-order chi connectivity index (χ1) is 14.3. The second-order valence-corrected chi connectivity index (χ2v) is 8.43. The first-order valence-electron chi connectivity index (χ1n) is 9.95. The maximum absolute atomic E-state index is 13.0. The molecule has 160 valence electrons. The average Bonchev–Trinajstić information content (AvgIpc) is 3.21. The van der Waals surface area contributed by atoms with Crippen LogP contribution in [0.1, 0.15) is 24.0 Å². The molecule has 0 saturated carbocycles. The number of carbonyl (C=O) groups is 2. The number of anilines is 1. The Morgan fingerprint density at radius 1 is 1.27 bits per heavy atom. The van der Waals surface area contributed by atoms with Crippen molar-refractivity contribution in [2.24, 2.45) is 0 Å². The zero-order valence-electron chi connectivity index (χ0n) is 17.2. The molecule has 7 nitrogen and oxygen atoms in total. The molecule has 1 unspecified atom stereocenters. The molecule has 1 aliphatic heterocycles. The molecular weight excluding hydrogens is 450 g/mol. The Hall–Kier alpha value is -2.45. The van der Waals surface area contributed by atoms with Crippen molar-refractivity contribution in [3.63, 3.8) is 0 Å². The van der Waals surface area contributed by atoms with Gasteiger partial charge in [0, 0.05) is 35.6 Å². The topological polar surface area (TPSA) is 80.6 Å². The van der Waals surface area contributed by atoms with Gasteiger partial charge in [-0.3, -0.25) is 14.4 Å². The van der Waals surface area contributed by atoms with Gasteiger partial charge in [0.25, 0.3) is 5.56 Å². The predicted octanol–water partition coefficient (Wildman–Crippen LogP) is 2.87. The van der Waals surface area contributed by atoms with Gasteiger partial charge in [-0.15, -0.1) is 0 Å². The zero-order chi connectivity index (χ0) is 21.7. The first kappa shape index (κ1) is 22.2. The second kappa shape index (κ2) is 10.0. The lowest BCUT2D eigenvalue weighted by Gasteiger charge is -2.25. The van der Waals surface area contributed by atoms with Gasteiger partial charge in [-0.25, -0.2) is 0 Å². The first-order valence-corrected chi connectivity index (χ1v) is 10.7. The minimum absolute atomic E-state index is 0.0957. The molecule has 1 atom stereocenters. The van der Waals surface area contributed by atoms with E-state index in [9.17, 15) is 14.4 Å². The van der Waals surface area contributed by atoms with Gasteiger partial charge in [0.05, 0.1) is 6.10 Å². The summed E-state index contributed by atoms with van der Waals surface area (Å²) in [5.41, 5.74) is 2.52. The van der Waals surface area contributed by atoms with Crippen LogP contribution in [0.3, 0.4) is 0 Å². The van der Waals surface area contributed by atoms with E-state index in [4.69, 9.17) is 4.74 Å². The second-order valence-electron chi connectivity index (χ2n) is 7.52. The van der Waals surface area contributed by atoms with E-state index in [1.807, 2.05) is 32.0 Å². The van der Waals surface area contributed by atoms with Gasteiger partial charge >= 0.3 is 0 Å². The van der Waals surface area contributed by atoms with Gasteiger partial charge in [0.1, 0.15) is 13.1 Å². The lowest BCUT2D eigenvalue weighted by molar-refractivity contribution is -0.136. The SMILES string of the molecule is Cc1cccc(NC(=O)CN(CC2CCCO2)C(=O)Cn2cc(Br)ccc2=O)c1C. The van der Waals surface area contributed by atoms with Gasteiger partial charge in [-0.1, -0.05) is 12.1 Å². The van der Waals surface area contributed by atoms with E-state index in [2.05, 4.69) is 21.2 Å². The third-order valence-electron chi connectivity index (χ3n) is 5.27. The Morgan fingerprint density at radius 2 is 2.07 bits per heavy atom. The molecule has 1 aromatic heterocycles. The van der Waals surface area contributed by atoms with E-state index in [1.165, 1.54) is 15.5 Å². The Labute approximate surface area is 184 Å². The van der Waals surface area contributed by atoms with Crippen LogP contribution in [0.15, 0.2) is 45.8 Å². The number of hydrogen-bond acceptors (Lipinski definition) is 4. The van der Waals surface area contributed by atoms with E-state index in [1.54, 1.807) is 12.3 Å². The summed E-state index contributed by atoms with van der Waals surface area (Å²) in [5.74, 6) is -0.585. The Morgan fingerprint density at radius 3 is 2.80 bits per heavy atom. The summed E-state index contributed by atoms with van der Waals surface area (Å²) in [6.07, 6.45) is 3.26. The Balaban J connectivity index is 1.73.